The summed E-state index contributed by atoms with van der Waals surface area (Å²) < 4.78 is 40.4. The summed E-state index contributed by atoms with van der Waals surface area (Å²) >= 11 is 2.93. The van der Waals surface area contributed by atoms with Crippen LogP contribution in [0.3, 0.4) is 0 Å². The van der Waals surface area contributed by atoms with Crippen molar-refractivity contribution in [2.24, 2.45) is 5.92 Å². The van der Waals surface area contributed by atoms with Crippen LogP contribution in [0.4, 0.5) is 10.1 Å². The number of anilines is 1. The normalized spacial score (nSPS) is 23.1. The molecule has 0 amide bonds. The predicted molar refractivity (Wildman–Crippen MR) is 77.0 cm³/mol. The zero-order valence-electron chi connectivity index (χ0n) is 10.6. The zero-order chi connectivity index (χ0) is 14.9. The zero-order valence-corrected chi connectivity index (χ0v) is 13.0. The van der Waals surface area contributed by atoms with Crippen molar-refractivity contribution in [3.63, 3.8) is 0 Å². The summed E-state index contributed by atoms with van der Waals surface area (Å²) in [6, 6.07) is 2.38. The number of rotatable bonds is 4. The van der Waals surface area contributed by atoms with Crippen molar-refractivity contribution >= 4 is 31.6 Å². The SMILES string of the molecule is Nc1cc(Br)c(F)c(S(=O)(=O)NCC2CCCC2O)c1. The van der Waals surface area contributed by atoms with Crippen molar-refractivity contribution < 1.29 is 17.9 Å². The quantitative estimate of drug-likeness (QED) is 0.705. The first-order chi connectivity index (χ1) is 9.31. The fourth-order valence-corrected chi connectivity index (χ4v) is 4.16. The minimum atomic E-state index is -3.99. The Bertz CT molecular complexity index is 609. The molecule has 1 aromatic carbocycles. The molecule has 0 aromatic heterocycles. The van der Waals surface area contributed by atoms with E-state index in [1.165, 1.54) is 6.07 Å². The van der Waals surface area contributed by atoms with Gasteiger partial charge < -0.3 is 10.8 Å². The third-order valence-electron chi connectivity index (χ3n) is 3.46. The average Bonchev–Trinajstić information content (AvgIpc) is 2.77. The summed E-state index contributed by atoms with van der Waals surface area (Å²) in [6.07, 6.45) is 1.79. The first-order valence-electron chi connectivity index (χ1n) is 6.23. The van der Waals surface area contributed by atoms with Gasteiger partial charge >= 0.3 is 0 Å². The highest BCUT2D eigenvalue weighted by atomic mass is 79.9. The van der Waals surface area contributed by atoms with E-state index in [0.29, 0.717) is 6.42 Å². The highest BCUT2D eigenvalue weighted by Crippen LogP contribution is 2.28. The van der Waals surface area contributed by atoms with Gasteiger partial charge in [0.15, 0.2) is 5.82 Å². The van der Waals surface area contributed by atoms with Crippen molar-refractivity contribution in [2.45, 2.75) is 30.3 Å². The van der Waals surface area contributed by atoms with Crippen molar-refractivity contribution in [2.75, 3.05) is 12.3 Å². The van der Waals surface area contributed by atoms with E-state index in [9.17, 15) is 17.9 Å². The predicted octanol–water partition coefficient (Wildman–Crippen LogP) is 1.61. The molecule has 8 heteroatoms. The summed E-state index contributed by atoms with van der Waals surface area (Å²) in [7, 11) is -3.99. The molecule has 4 N–H and O–H groups in total. The molecule has 0 bridgehead atoms. The molecule has 2 unspecified atom stereocenters. The molecule has 2 atom stereocenters. The van der Waals surface area contributed by atoms with Gasteiger partial charge in [-0.05, 0) is 46.8 Å². The molecule has 1 aliphatic rings. The third-order valence-corrected chi connectivity index (χ3v) is 5.46. The number of halogens is 2. The topological polar surface area (TPSA) is 92.4 Å². The molecule has 1 fully saturated rings. The van der Waals surface area contributed by atoms with Gasteiger partial charge in [-0.25, -0.2) is 17.5 Å². The molecule has 0 spiro atoms. The van der Waals surface area contributed by atoms with Crippen molar-refractivity contribution in [3.8, 4) is 0 Å². The molecule has 2 rings (SSSR count). The number of benzene rings is 1. The first kappa shape index (κ1) is 15.7. The Morgan fingerprint density at radius 2 is 2.15 bits per heavy atom. The maximum absolute atomic E-state index is 13.9. The Labute approximate surface area is 125 Å². The molecular formula is C12H16BrFN2O3S. The van der Waals surface area contributed by atoms with E-state index < -0.39 is 26.8 Å². The number of aliphatic hydroxyl groups is 1. The van der Waals surface area contributed by atoms with Crippen LogP contribution in [0.5, 0.6) is 0 Å². The lowest BCUT2D eigenvalue weighted by atomic mass is 10.1. The number of aliphatic hydroxyl groups excluding tert-OH is 1. The van der Waals surface area contributed by atoms with E-state index in [1.807, 2.05) is 0 Å². The van der Waals surface area contributed by atoms with Gasteiger partial charge in [-0.2, -0.15) is 0 Å². The average molecular weight is 367 g/mol. The Morgan fingerprint density at radius 3 is 2.75 bits per heavy atom. The molecule has 0 radical (unpaired) electrons. The number of nitrogens with one attached hydrogen (secondary N) is 1. The number of nitrogen functional groups attached to an aromatic ring is 1. The van der Waals surface area contributed by atoms with Crippen LogP contribution in [0.2, 0.25) is 0 Å². The molecular weight excluding hydrogens is 351 g/mol. The smallest absolute Gasteiger partial charge is 0.243 e. The van der Waals surface area contributed by atoms with Crippen molar-refractivity contribution in [3.05, 3.63) is 22.4 Å². The summed E-state index contributed by atoms with van der Waals surface area (Å²) in [5, 5.41) is 9.66. The molecule has 1 aliphatic carbocycles. The van der Waals surface area contributed by atoms with Gasteiger partial charge in [-0.15, -0.1) is 0 Å². The minimum absolute atomic E-state index is 0.00113. The van der Waals surface area contributed by atoms with Gasteiger partial charge in [-0.3, -0.25) is 0 Å². The monoisotopic (exact) mass is 366 g/mol. The van der Waals surface area contributed by atoms with Crippen LogP contribution in [-0.4, -0.2) is 26.2 Å². The molecule has 0 heterocycles. The minimum Gasteiger partial charge on any atom is -0.399 e. The van der Waals surface area contributed by atoms with Gasteiger partial charge in [-0.1, -0.05) is 6.42 Å². The Balaban J connectivity index is 2.18. The van der Waals surface area contributed by atoms with E-state index >= 15 is 0 Å². The number of hydrogen-bond donors (Lipinski definition) is 3. The molecule has 1 saturated carbocycles. The van der Waals surface area contributed by atoms with E-state index in [4.69, 9.17) is 5.73 Å². The van der Waals surface area contributed by atoms with Gasteiger partial charge in [0.2, 0.25) is 10.0 Å². The molecule has 112 valence electrons. The molecule has 1 aromatic rings. The molecule has 0 saturated heterocycles. The van der Waals surface area contributed by atoms with Crippen LogP contribution in [0.1, 0.15) is 19.3 Å². The summed E-state index contributed by atoms with van der Waals surface area (Å²) in [4.78, 5) is -0.489. The van der Waals surface area contributed by atoms with Crippen molar-refractivity contribution in [1.82, 2.24) is 4.72 Å². The Hall–Kier alpha value is -0.700. The van der Waals surface area contributed by atoms with E-state index in [2.05, 4.69) is 20.7 Å². The van der Waals surface area contributed by atoms with E-state index in [0.717, 1.165) is 18.9 Å². The summed E-state index contributed by atoms with van der Waals surface area (Å²) in [5.74, 6) is -1.00. The molecule has 20 heavy (non-hydrogen) atoms. The second-order valence-corrected chi connectivity index (χ2v) is 7.51. The van der Waals surface area contributed by atoms with Crippen LogP contribution in [-0.2, 0) is 10.0 Å². The van der Waals surface area contributed by atoms with Crippen LogP contribution < -0.4 is 10.5 Å². The second-order valence-electron chi connectivity index (χ2n) is 4.93. The number of nitrogens with two attached hydrogens (primary N) is 1. The molecule has 0 aliphatic heterocycles. The van der Waals surface area contributed by atoms with Gasteiger partial charge in [0, 0.05) is 12.2 Å². The molecule has 5 nitrogen and oxygen atoms in total. The third kappa shape index (κ3) is 3.30. The first-order valence-corrected chi connectivity index (χ1v) is 8.51. The van der Waals surface area contributed by atoms with Crippen LogP contribution in [0.15, 0.2) is 21.5 Å². The highest BCUT2D eigenvalue weighted by Gasteiger charge is 2.28. The summed E-state index contributed by atoms with van der Waals surface area (Å²) in [5.41, 5.74) is 5.69. The lowest BCUT2D eigenvalue weighted by molar-refractivity contribution is 0.134. The maximum Gasteiger partial charge on any atom is 0.243 e. The van der Waals surface area contributed by atoms with Crippen LogP contribution in [0, 0.1) is 11.7 Å². The van der Waals surface area contributed by atoms with E-state index in [-0.39, 0.29) is 22.6 Å². The maximum atomic E-state index is 13.9. The van der Waals surface area contributed by atoms with Gasteiger partial charge in [0.05, 0.1) is 10.6 Å². The Kier molecular flexibility index (Phi) is 4.68. The Morgan fingerprint density at radius 1 is 1.45 bits per heavy atom. The largest absolute Gasteiger partial charge is 0.399 e. The second kappa shape index (κ2) is 5.97. The lowest BCUT2D eigenvalue weighted by Crippen LogP contribution is -2.33. The number of hydrogen-bond acceptors (Lipinski definition) is 4. The van der Waals surface area contributed by atoms with Crippen molar-refractivity contribution in [1.29, 1.82) is 0 Å². The van der Waals surface area contributed by atoms with Gasteiger partial charge in [0.25, 0.3) is 0 Å². The highest BCUT2D eigenvalue weighted by molar-refractivity contribution is 9.10. The fourth-order valence-electron chi connectivity index (χ4n) is 2.33. The van der Waals surface area contributed by atoms with Gasteiger partial charge in [0.1, 0.15) is 4.90 Å². The van der Waals surface area contributed by atoms with Crippen LogP contribution in [0.25, 0.3) is 0 Å². The lowest BCUT2D eigenvalue weighted by Gasteiger charge is -2.16. The van der Waals surface area contributed by atoms with E-state index in [1.54, 1.807) is 0 Å². The summed E-state index contributed by atoms with van der Waals surface area (Å²) in [6.45, 7) is 0.0926. The standard InChI is InChI=1S/C12H16BrFN2O3S/c13-9-4-8(15)5-11(12(9)14)20(18,19)16-6-7-2-1-3-10(7)17/h4-5,7,10,16-17H,1-3,6,15H2. The van der Waals surface area contributed by atoms with Crippen LogP contribution >= 0.6 is 15.9 Å². The number of sulfonamides is 1. The fraction of sp³-hybridized carbons (Fsp3) is 0.500.